The summed E-state index contributed by atoms with van der Waals surface area (Å²) in [6.45, 7) is 2.26. The second kappa shape index (κ2) is 63.6. The van der Waals surface area contributed by atoms with Crippen LogP contribution >= 0.6 is 15.6 Å². The quantitative estimate of drug-likeness (QED) is 0.0146. The molecule has 0 amide bonds. The second-order valence-electron chi connectivity index (χ2n) is 21.5. The summed E-state index contributed by atoms with van der Waals surface area (Å²) in [7, 11) is -9.81. The number of carbonyl (C=O) groups is 3. The van der Waals surface area contributed by atoms with Gasteiger partial charge >= 0.3 is 33.6 Å². The zero-order valence-corrected chi connectivity index (χ0v) is 56.3. The fourth-order valence-corrected chi connectivity index (χ4v) is 9.61. The zero-order valence-electron chi connectivity index (χ0n) is 54.5. The third-order valence-corrected chi connectivity index (χ3v) is 14.9. The molecule has 0 aliphatic carbocycles. The molecule has 16 nitrogen and oxygen atoms in total. The Morgan fingerprint density at radius 1 is 0.326 bits per heavy atom. The molecule has 0 heterocycles. The summed E-state index contributed by atoms with van der Waals surface area (Å²) >= 11 is 0. The molecule has 0 bridgehead atoms. The Balaban J connectivity index is 4.79. The molecule has 0 aliphatic rings. The molecule has 0 aromatic carbocycles. The van der Waals surface area contributed by atoms with Crippen LogP contribution in [0, 0.1) is 0 Å². The number of aliphatic hydroxyl groups is 2. The van der Waals surface area contributed by atoms with Gasteiger partial charge in [0.15, 0.2) is 6.10 Å². The normalized spacial score (nSPS) is 15.2. The van der Waals surface area contributed by atoms with Crippen molar-refractivity contribution >= 4 is 33.6 Å². The molecule has 4 N–H and O–H groups in total. The van der Waals surface area contributed by atoms with Crippen LogP contribution in [0.3, 0.4) is 0 Å². The van der Waals surface area contributed by atoms with E-state index in [9.17, 15) is 43.5 Å². The predicted molar refractivity (Wildman–Crippen MR) is 362 cm³/mol. The summed E-state index contributed by atoms with van der Waals surface area (Å²) < 4.78 is 60.7. The summed E-state index contributed by atoms with van der Waals surface area (Å²) in [5.74, 6) is -1.70. The first-order valence-corrected chi connectivity index (χ1v) is 36.1. The first-order chi connectivity index (χ1) is 43.2. The highest BCUT2D eigenvalue weighted by atomic mass is 31.2. The Bertz CT molecular complexity index is 2210. The van der Waals surface area contributed by atoms with Crippen molar-refractivity contribution in [1.82, 2.24) is 0 Å². The molecule has 0 aromatic heterocycles. The van der Waals surface area contributed by atoms with Crippen LogP contribution in [0.5, 0.6) is 0 Å². The Hall–Kier alpha value is -4.57. The van der Waals surface area contributed by atoms with Crippen LogP contribution in [0.25, 0.3) is 0 Å². The number of ether oxygens (including phenoxy) is 3. The van der Waals surface area contributed by atoms with Crippen molar-refractivity contribution in [2.45, 2.75) is 245 Å². The molecule has 0 saturated carbocycles. The predicted octanol–water partition coefficient (Wildman–Crippen LogP) is 18.2. The van der Waals surface area contributed by atoms with Gasteiger partial charge in [0.2, 0.25) is 0 Å². The largest absolute Gasteiger partial charge is 0.472 e. The molecule has 5 unspecified atom stereocenters. The van der Waals surface area contributed by atoms with E-state index in [0.29, 0.717) is 25.7 Å². The molecule has 0 saturated heterocycles. The van der Waals surface area contributed by atoms with Crippen LogP contribution in [-0.2, 0) is 55.8 Å². The number of allylic oxidation sites excluding steroid dienone is 24. The zero-order chi connectivity index (χ0) is 65.3. The number of phosphoric ester groups is 2. The van der Waals surface area contributed by atoms with Gasteiger partial charge in [0.05, 0.1) is 26.4 Å². The standard InChI is InChI=1S/C71H116O16P2/c1-4-7-10-13-16-19-22-25-28-30-32-34-37-39-42-45-48-51-54-57-69(74)81-60-66(72)61-83-88(77,78)84-62-67(73)63-85-89(79,80)86-65-68(87-71(76)59-56-53-50-47-44-41-36-27-24-21-18-15-12-9-6-3)64-82-70(75)58-55-52-49-46-43-40-38-35-33-31-29-26-23-20-17-14-11-8-5-2/h7-8,10-11,16-21,25-29,32-36,39,42,48,51,66-68,72-73H,4-6,9,12-15,22-24,30-31,37-38,40-41,43-47,49-50,52-65H2,1-3H3,(H,77,78)(H,79,80)/b10-7-,11-8-,19-16-,20-17-,21-18-,28-25-,29-26-,34-32-,35-33-,36-27-,42-39-,51-48-. The maximum atomic E-state index is 12.9. The molecule has 0 radical (unpaired) electrons. The van der Waals surface area contributed by atoms with E-state index >= 15 is 0 Å². The smallest absolute Gasteiger partial charge is 0.463 e. The first-order valence-electron chi connectivity index (χ1n) is 33.1. The van der Waals surface area contributed by atoms with E-state index in [1.165, 1.54) is 19.3 Å². The van der Waals surface area contributed by atoms with Gasteiger partial charge in [-0.2, -0.15) is 0 Å². The molecular formula is C71H116O16P2. The molecule has 5 atom stereocenters. The molecule has 89 heavy (non-hydrogen) atoms. The van der Waals surface area contributed by atoms with E-state index in [2.05, 4.69) is 148 Å². The maximum absolute atomic E-state index is 12.9. The van der Waals surface area contributed by atoms with E-state index in [4.69, 9.17) is 32.3 Å². The van der Waals surface area contributed by atoms with Crippen molar-refractivity contribution < 1.29 is 75.8 Å². The minimum Gasteiger partial charge on any atom is -0.463 e. The van der Waals surface area contributed by atoms with E-state index < -0.39 is 91.5 Å². The van der Waals surface area contributed by atoms with Crippen LogP contribution in [-0.4, -0.2) is 95.9 Å². The van der Waals surface area contributed by atoms with Gasteiger partial charge < -0.3 is 34.2 Å². The monoisotopic (exact) mass is 1290 g/mol. The van der Waals surface area contributed by atoms with Crippen molar-refractivity contribution in [3.63, 3.8) is 0 Å². The van der Waals surface area contributed by atoms with Crippen LogP contribution in [0.1, 0.15) is 226 Å². The number of rotatable bonds is 61. The van der Waals surface area contributed by atoms with Crippen LogP contribution in [0.2, 0.25) is 0 Å². The summed E-state index contributed by atoms with van der Waals surface area (Å²) in [4.78, 5) is 58.3. The third-order valence-electron chi connectivity index (χ3n) is 13.0. The number of unbranched alkanes of at least 4 members (excludes halogenated alkanes) is 14. The summed E-state index contributed by atoms with van der Waals surface area (Å²) in [5.41, 5.74) is 0. The highest BCUT2D eigenvalue weighted by Gasteiger charge is 2.29. The van der Waals surface area contributed by atoms with Crippen molar-refractivity contribution in [1.29, 1.82) is 0 Å². The van der Waals surface area contributed by atoms with Crippen LogP contribution < -0.4 is 0 Å². The highest BCUT2D eigenvalue weighted by molar-refractivity contribution is 7.47. The lowest BCUT2D eigenvalue weighted by molar-refractivity contribution is -0.161. The van der Waals surface area contributed by atoms with Gasteiger partial charge in [-0.15, -0.1) is 0 Å². The number of hydrogen-bond donors (Lipinski definition) is 4. The molecule has 18 heteroatoms. The number of hydrogen-bond acceptors (Lipinski definition) is 14. The van der Waals surface area contributed by atoms with Gasteiger partial charge in [-0.3, -0.25) is 32.5 Å². The second-order valence-corrected chi connectivity index (χ2v) is 24.4. The average molecular weight is 1290 g/mol. The topological polar surface area (TPSA) is 231 Å². The number of carbonyl (C=O) groups excluding carboxylic acids is 3. The highest BCUT2D eigenvalue weighted by Crippen LogP contribution is 2.45. The lowest BCUT2D eigenvalue weighted by Crippen LogP contribution is -2.30. The SMILES string of the molecule is CC/C=C\C/C=C\C/C=C\C/C=C\C/C=C\C/C=C\CCC(=O)OCC(O)COP(=O)(O)OCC(O)COP(=O)(O)OCC(COC(=O)CCCCCCCC/C=C\C/C=C\C/C=C\C/C=C\CC)OC(=O)CCCCCCC/C=C\C/C=C\CCCCC. The van der Waals surface area contributed by atoms with E-state index in [1.807, 2.05) is 18.2 Å². The Kier molecular flexibility index (Phi) is 60.3. The van der Waals surface area contributed by atoms with Crippen LogP contribution in [0.4, 0.5) is 0 Å². The van der Waals surface area contributed by atoms with Gasteiger partial charge in [0, 0.05) is 19.3 Å². The minimum absolute atomic E-state index is 0.0554. The molecule has 0 aliphatic heterocycles. The summed E-state index contributed by atoms with van der Waals surface area (Å²) in [6.07, 6.45) is 74.8. The van der Waals surface area contributed by atoms with E-state index in [1.54, 1.807) is 0 Å². The lowest BCUT2D eigenvalue weighted by atomic mass is 10.1. The Morgan fingerprint density at radius 2 is 0.618 bits per heavy atom. The maximum Gasteiger partial charge on any atom is 0.472 e. The fourth-order valence-electron chi connectivity index (χ4n) is 8.03. The van der Waals surface area contributed by atoms with Gasteiger partial charge in [0.1, 0.15) is 25.4 Å². The number of esters is 3. The first kappa shape index (κ1) is 84.4. The molecule has 506 valence electrons. The average Bonchev–Trinajstić information content (AvgIpc) is 3.54. The van der Waals surface area contributed by atoms with Crippen molar-refractivity contribution in [3.05, 3.63) is 146 Å². The Labute approximate surface area is 537 Å². The fraction of sp³-hybridized carbons (Fsp3) is 0.620. The molecule has 0 rings (SSSR count). The minimum atomic E-state index is -4.94. The number of aliphatic hydroxyl groups excluding tert-OH is 2. The summed E-state index contributed by atoms with van der Waals surface area (Å²) in [6, 6.07) is 0. The van der Waals surface area contributed by atoms with E-state index in [-0.39, 0.29) is 19.3 Å². The lowest BCUT2D eigenvalue weighted by Gasteiger charge is -2.21. The summed E-state index contributed by atoms with van der Waals surface area (Å²) in [5, 5.41) is 20.5. The van der Waals surface area contributed by atoms with Gasteiger partial charge in [-0.1, -0.05) is 224 Å². The number of phosphoric acid groups is 2. The molecular weight excluding hydrogens is 1170 g/mol. The van der Waals surface area contributed by atoms with Crippen molar-refractivity contribution in [2.75, 3.05) is 39.6 Å². The van der Waals surface area contributed by atoms with Crippen molar-refractivity contribution in [2.24, 2.45) is 0 Å². The van der Waals surface area contributed by atoms with Gasteiger partial charge in [-0.05, 0) is 128 Å². The van der Waals surface area contributed by atoms with Crippen LogP contribution in [0.15, 0.2) is 146 Å². The molecule has 0 aromatic rings. The van der Waals surface area contributed by atoms with Gasteiger partial charge in [-0.25, -0.2) is 9.13 Å². The van der Waals surface area contributed by atoms with Gasteiger partial charge in [0.25, 0.3) is 0 Å². The van der Waals surface area contributed by atoms with E-state index in [0.717, 1.165) is 141 Å². The van der Waals surface area contributed by atoms with Crippen molar-refractivity contribution in [3.8, 4) is 0 Å². The molecule has 0 fully saturated rings. The molecule has 0 spiro atoms. The third kappa shape index (κ3) is 64.8. The Morgan fingerprint density at radius 3 is 1.01 bits per heavy atom.